The van der Waals surface area contributed by atoms with E-state index in [-0.39, 0.29) is 12.7 Å². The summed E-state index contributed by atoms with van der Waals surface area (Å²) in [4.78, 5) is 22.7. The molecule has 0 amide bonds. The van der Waals surface area contributed by atoms with E-state index in [4.69, 9.17) is 9.47 Å². The minimum atomic E-state index is -0.433. The molecule has 0 N–H and O–H groups in total. The monoisotopic (exact) mass is 268 g/mol. The first-order valence-corrected chi connectivity index (χ1v) is 6.64. The van der Waals surface area contributed by atoms with E-state index in [1.54, 1.807) is 6.92 Å². The summed E-state index contributed by atoms with van der Waals surface area (Å²) in [6, 6.07) is 9.30. The molecule has 0 saturated heterocycles. The van der Waals surface area contributed by atoms with Crippen LogP contribution in [0.25, 0.3) is 0 Å². The Bertz CT molecular complexity index is 391. The van der Waals surface area contributed by atoms with Crippen LogP contribution >= 0.6 is 11.8 Å². The molecule has 0 aliphatic carbocycles. The fraction of sp³-hybridized carbons (Fsp3) is 0.385. The number of ether oxygens (including phenoxy) is 2. The van der Waals surface area contributed by atoms with E-state index in [1.807, 2.05) is 37.3 Å². The molecule has 4 nitrogen and oxygen atoms in total. The summed E-state index contributed by atoms with van der Waals surface area (Å²) in [6.45, 7) is 3.26. The molecule has 0 aromatic heterocycles. The Balaban J connectivity index is 2.35. The molecule has 1 unspecified atom stereocenters. The Morgan fingerprint density at radius 3 is 2.50 bits per heavy atom. The van der Waals surface area contributed by atoms with Gasteiger partial charge in [-0.25, -0.2) is 4.79 Å². The number of hydrogen-bond acceptors (Lipinski definition) is 5. The van der Waals surface area contributed by atoms with Crippen LogP contribution in [0, 0.1) is 0 Å². The second-order valence-corrected chi connectivity index (χ2v) is 4.74. The number of carbonyl (C=O) groups excluding carboxylic acids is 2. The van der Waals surface area contributed by atoms with Gasteiger partial charge in [-0.15, -0.1) is 0 Å². The van der Waals surface area contributed by atoms with Gasteiger partial charge in [-0.3, -0.25) is 4.79 Å². The average Bonchev–Trinajstić information content (AvgIpc) is 2.39. The molecule has 0 heterocycles. The van der Waals surface area contributed by atoms with Crippen LogP contribution in [0.3, 0.4) is 0 Å². The number of thioether (sulfide) groups is 1. The highest BCUT2D eigenvalue weighted by atomic mass is 32.2. The molecule has 0 fully saturated rings. The third kappa shape index (κ3) is 4.79. The van der Waals surface area contributed by atoms with Crippen LogP contribution in [0.2, 0.25) is 0 Å². The van der Waals surface area contributed by atoms with Crippen molar-refractivity contribution in [3.63, 3.8) is 0 Å². The van der Waals surface area contributed by atoms with Gasteiger partial charge in [-0.2, -0.15) is 0 Å². The van der Waals surface area contributed by atoms with Crippen LogP contribution < -0.4 is 0 Å². The highest BCUT2D eigenvalue weighted by Gasteiger charge is 2.16. The third-order valence-electron chi connectivity index (χ3n) is 2.29. The summed E-state index contributed by atoms with van der Waals surface area (Å²) >= 11 is 1.04. The summed E-state index contributed by atoms with van der Waals surface area (Å²) in [6.07, 6.45) is 0. The van der Waals surface area contributed by atoms with Gasteiger partial charge in [0.05, 0.1) is 5.92 Å². The fourth-order valence-corrected chi connectivity index (χ4v) is 1.67. The van der Waals surface area contributed by atoms with Gasteiger partial charge in [-0.05, 0) is 24.2 Å². The lowest BCUT2D eigenvalue weighted by Gasteiger charge is -2.11. The maximum absolute atomic E-state index is 11.7. The number of esters is 1. The second-order valence-electron chi connectivity index (χ2n) is 3.54. The molecule has 0 saturated carbocycles. The van der Waals surface area contributed by atoms with Crippen molar-refractivity contribution in [2.45, 2.75) is 19.8 Å². The van der Waals surface area contributed by atoms with Crippen molar-refractivity contribution in [1.29, 1.82) is 0 Å². The van der Waals surface area contributed by atoms with Gasteiger partial charge >= 0.3 is 11.3 Å². The molecule has 1 rings (SSSR count). The Hall–Kier alpha value is -1.49. The molecule has 5 heteroatoms. The first-order valence-electron chi connectivity index (χ1n) is 5.66. The van der Waals surface area contributed by atoms with Crippen LogP contribution in [-0.2, 0) is 14.3 Å². The SMILES string of the molecule is CCSC(=O)OCOC(=O)C(C)c1ccccc1. The van der Waals surface area contributed by atoms with E-state index < -0.39 is 11.3 Å². The van der Waals surface area contributed by atoms with E-state index in [0.29, 0.717) is 5.75 Å². The van der Waals surface area contributed by atoms with E-state index in [9.17, 15) is 9.59 Å². The predicted octanol–water partition coefficient (Wildman–Crippen LogP) is 3.18. The smallest absolute Gasteiger partial charge is 0.370 e. The summed E-state index contributed by atoms with van der Waals surface area (Å²) < 4.78 is 9.60. The highest BCUT2D eigenvalue weighted by molar-refractivity contribution is 8.13. The first-order chi connectivity index (χ1) is 8.65. The summed E-state index contributed by atoms with van der Waals surface area (Å²) in [5.74, 6) is -0.146. The zero-order valence-corrected chi connectivity index (χ0v) is 11.2. The Morgan fingerprint density at radius 1 is 1.22 bits per heavy atom. The minimum Gasteiger partial charge on any atom is -0.427 e. The minimum absolute atomic E-state index is 0.332. The Kier molecular flexibility index (Phi) is 6.28. The molecule has 1 aromatic rings. The first kappa shape index (κ1) is 14.6. The fourth-order valence-electron chi connectivity index (χ4n) is 1.30. The van der Waals surface area contributed by atoms with Crippen molar-refractivity contribution in [2.24, 2.45) is 0 Å². The van der Waals surface area contributed by atoms with Crippen molar-refractivity contribution in [3.8, 4) is 0 Å². The molecular formula is C13H16O4S. The van der Waals surface area contributed by atoms with Crippen LogP contribution in [-0.4, -0.2) is 23.8 Å². The van der Waals surface area contributed by atoms with Crippen molar-refractivity contribution in [2.75, 3.05) is 12.5 Å². The molecule has 0 aliphatic heterocycles. The summed E-state index contributed by atoms with van der Waals surface area (Å²) in [5, 5.41) is -0.433. The number of carbonyl (C=O) groups is 2. The van der Waals surface area contributed by atoms with Gasteiger partial charge in [0.15, 0.2) is 0 Å². The van der Waals surface area contributed by atoms with Crippen molar-refractivity contribution < 1.29 is 19.1 Å². The maximum Gasteiger partial charge on any atom is 0.370 e. The number of benzene rings is 1. The van der Waals surface area contributed by atoms with Crippen LogP contribution in [0.4, 0.5) is 4.79 Å². The van der Waals surface area contributed by atoms with Gasteiger partial charge in [-0.1, -0.05) is 37.3 Å². The molecule has 0 radical (unpaired) electrons. The van der Waals surface area contributed by atoms with Crippen molar-refractivity contribution in [1.82, 2.24) is 0 Å². The predicted molar refractivity (Wildman–Crippen MR) is 70.4 cm³/mol. The largest absolute Gasteiger partial charge is 0.427 e. The molecule has 0 bridgehead atoms. The lowest BCUT2D eigenvalue weighted by atomic mass is 10.0. The highest BCUT2D eigenvalue weighted by Crippen LogP contribution is 2.16. The normalized spacial score (nSPS) is 11.7. The topological polar surface area (TPSA) is 52.6 Å². The van der Waals surface area contributed by atoms with Crippen LogP contribution in [0.15, 0.2) is 30.3 Å². The third-order valence-corrected chi connectivity index (χ3v) is 2.94. The van der Waals surface area contributed by atoms with Crippen molar-refractivity contribution >= 4 is 23.0 Å². The zero-order chi connectivity index (χ0) is 13.4. The second kappa shape index (κ2) is 7.76. The average molecular weight is 268 g/mol. The molecule has 18 heavy (non-hydrogen) atoms. The molecule has 1 atom stereocenters. The van der Waals surface area contributed by atoms with E-state index in [0.717, 1.165) is 17.3 Å². The molecule has 0 spiro atoms. The van der Waals surface area contributed by atoms with E-state index in [1.165, 1.54) is 0 Å². The molecule has 0 aliphatic rings. The van der Waals surface area contributed by atoms with E-state index >= 15 is 0 Å². The van der Waals surface area contributed by atoms with Crippen LogP contribution in [0.5, 0.6) is 0 Å². The van der Waals surface area contributed by atoms with Gasteiger partial charge in [0, 0.05) is 5.75 Å². The van der Waals surface area contributed by atoms with E-state index in [2.05, 4.69) is 0 Å². The lowest BCUT2D eigenvalue weighted by Crippen LogP contribution is -2.16. The Labute approximate surface area is 111 Å². The number of rotatable bonds is 5. The maximum atomic E-state index is 11.7. The summed E-state index contributed by atoms with van der Waals surface area (Å²) in [7, 11) is 0. The Morgan fingerprint density at radius 2 is 1.89 bits per heavy atom. The quantitative estimate of drug-likeness (QED) is 0.606. The van der Waals surface area contributed by atoms with Crippen molar-refractivity contribution in [3.05, 3.63) is 35.9 Å². The lowest BCUT2D eigenvalue weighted by molar-refractivity contribution is -0.152. The molecule has 98 valence electrons. The van der Waals surface area contributed by atoms with Gasteiger partial charge in [0.25, 0.3) is 0 Å². The van der Waals surface area contributed by atoms with Crippen LogP contribution in [0.1, 0.15) is 25.3 Å². The molecule has 1 aromatic carbocycles. The summed E-state index contributed by atoms with van der Waals surface area (Å²) in [5.41, 5.74) is 0.872. The standard InChI is InChI=1S/C13H16O4S/c1-3-18-13(15)17-9-16-12(14)10(2)11-7-5-4-6-8-11/h4-8,10H,3,9H2,1-2H3. The number of hydrogen-bond donors (Lipinski definition) is 0. The van der Waals surface area contributed by atoms with Gasteiger partial charge < -0.3 is 9.47 Å². The zero-order valence-electron chi connectivity index (χ0n) is 10.4. The van der Waals surface area contributed by atoms with Gasteiger partial charge in [0.2, 0.25) is 6.79 Å². The van der Waals surface area contributed by atoms with Gasteiger partial charge in [0.1, 0.15) is 0 Å². The molecular weight excluding hydrogens is 252 g/mol.